The van der Waals surface area contributed by atoms with Crippen molar-refractivity contribution in [3.8, 4) is 0 Å². The third kappa shape index (κ3) is 5.92. The largest absolute Gasteiger partial charge is 0.396 e. The first-order valence-corrected chi connectivity index (χ1v) is 2.60. The highest BCUT2D eigenvalue weighted by Crippen LogP contribution is 1.90. The molecule has 0 amide bonds. The molecule has 0 atom stereocenters. The van der Waals surface area contributed by atoms with Crippen LogP contribution in [0, 0.1) is 0 Å². The minimum absolute atomic E-state index is 0. The standard InChI is InChI=1S/C5H11O2/c6-4-2-1-3-5-7/h6H,1-5H2. The highest BCUT2D eigenvalue weighted by atomic mass is 16.3. The lowest BCUT2D eigenvalue weighted by Crippen LogP contribution is -1.84. The topological polar surface area (TPSA) is 40.1 Å². The lowest BCUT2D eigenvalue weighted by molar-refractivity contribution is 0.182. The predicted molar refractivity (Wildman–Crippen MR) is 26.5 cm³/mol. The number of rotatable bonds is 4. The molecular weight excluding hydrogens is 92.1 g/mol. The molecule has 0 aromatic heterocycles. The van der Waals surface area contributed by atoms with E-state index in [0.717, 1.165) is 12.8 Å². The number of unbranched alkanes of at least 4 members (excludes halogenated alkanes) is 2. The van der Waals surface area contributed by atoms with Crippen molar-refractivity contribution < 1.29 is 10.2 Å². The molecule has 1 N–H and O–H groups in total. The molecule has 43 valence electrons. The smallest absolute Gasteiger partial charge is 0.0822 e. The normalized spacial score (nSPS) is 9.43. The second-order valence-electron chi connectivity index (χ2n) is 1.49. The van der Waals surface area contributed by atoms with Crippen molar-refractivity contribution in [3.05, 3.63) is 0 Å². The summed E-state index contributed by atoms with van der Waals surface area (Å²) < 4.78 is 0. The van der Waals surface area contributed by atoms with Crippen LogP contribution < -0.4 is 0 Å². The van der Waals surface area contributed by atoms with Crippen LogP contribution in [-0.4, -0.2) is 18.3 Å². The molecule has 0 unspecified atom stereocenters. The zero-order valence-corrected chi connectivity index (χ0v) is 4.39. The summed E-state index contributed by atoms with van der Waals surface area (Å²) in [6.07, 6.45) is 2.36. The average molecular weight is 103 g/mol. The molecule has 0 aliphatic carbocycles. The molecule has 1 radical (unpaired) electrons. The van der Waals surface area contributed by atoms with Gasteiger partial charge in [-0.05, 0) is 19.3 Å². The molecule has 0 saturated heterocycles. The zero-order valence-electron chi connectivity index (χ0n) is 4.39. The van der Waals surface area contributed by atoms with Gasteiger partial charge in [0.1, 0.15) is 0 Å². The Hall–Kier alpha value is -0.0800. The Bertz CT molecular complexity index is 25.3. The summed E-state index contributed by atoms with van der Waals surface area (Å²) in [5.74, 6) is 0. The minimum Gasteiger partial charge on any atom is -0.396 e. The summed E-state index contributed by atoms with van der Waals surface area (Å²) in [7, 11) is 0. The quantitative estimate of drug-likeness (QED) is 0.519. The summed E-state index contributed by atoms with van der Waals surface area (Å²) in [5.41, 5.74) is 0. The van der Waals surface area contributed by atoms with E-state index in [2.05, 4.69) is 0 Å². The maximum atomic E-state index is 9.72. The molecule has 0 fully saturated rings. The molecule has 0 rings (SSSR count). The van der Waals surface area contributed by atoms with Gasteiger partial charge in [-0.15, -0.1) is 0 Å². The summed E-state index contributed by atoms with van der Waals surface area (Å²) >= 11 is 0. The molecule has 7 heavy (non-hydrogen) atoms. The molecular formula is C5H11O2. The minimum atomic E-state index is 0. The van der Waals surface area contributed by atoms with Gasteiger partial charge in [-0.2, -0.15) is 0 Å². The number of hydrogen-bond acceptors (Lipinski definition) is 1. The molecule has 0 aromatic rings. The van der Waals surface area contributed by atoms with Crippen LogP contribution in [0.2, 0.25) is 0 Å². The van der Waals surface area contributed by atoms with E-state index < -0.39 is 0 Å². The van der Waals surface area contributed by atoms with Gasteiger partial charge in [0.2, 0.25) is 0 Å². The van der Waals surface area contributed by atoms with Crippen molar-refractivity contribution in [2.75, 3.05) is 13.2 Å². The van der Waals surface area contributed by atoms with E-state index in [4.69, 9.17) is 5.11 Å². The fourth-order valence-corrected chi connectivity index (χ4v) is 0.391. The van der Waals surface area contributed by atoms with Gasteiger partial charge in [-0.25, -0.2) is 5.11 Å². The van der Waals surface area contributed by atoms with Crippen molar-refractivity contribution in [2.45, 2.75) is 19.3 Å². The van der Waals surface area contributed by atoms with E-state index in [1.807, 2.05) is 0 Å². The van der Waals surface area contributed by atoms with E-state index in [1.54, 1.807) is 0 Å². The van der Waals surface area contributed by atoms with E-state index >= 15 is 0 Å². The fourth-order valence-electron chi connectivity index (χ4n) is 0.391. The van der Waals surface area contributed by atoms with E-state index in [1.165, 1.54) is 0 Å². The Morgan fingerprint density at radius 2 is 1.86 bits per heavy atom. The first-order valence-electron chi connectivity index (χ1n) is 2.60. The van der Waals surface area contributed by atoms with Crippen molar-refractivity contribution in [3.63, 3.8) is 0 Å². The summed E-state index contributed by atoms with van der Waals surface area (Å²) in [4.78, 5) is 0. The molecule has 0 aliphatic rings. The average Bonchev–Trinajstić information content (AvgIpc) is 1.69. The summed E-state index contributed by atoms with van der Waals surface area (Å²) in [6, 6.07) is 0. The summed E-state index contributed by atoms with van der Waals surface area (Å²) in [5, 5.41) is 17.9. The molecule has 0 saturated carbocycles. The Kier molecular flexibility index (Phi) is 5.85. The van der Waals surface area contributed by atoms with Crippen LogP contribution in [-0.2, 0) is 5.11 Å². The Morgan fingerprint density at radius 1 is 1.14 bits per heavy atom. The lowest BCUT2D eigenvalue weighted by Gasteiger charge is -1.88. The maximum Gasteiger partial charge on any atom is 0.0822 e. The molecule has 0 bridgehead atoms. The van der Waals surface area contributed by atoms with Crippen molar-refractivity contribution in [2.24, 2.45) is 0 Å². The Morgan fingerprint density at radius 3 is 2.29 bits per heavy atom. The van der Waals surface area contributed by atoms with Gasteiger partial charge in [-0.1, -0.05) is 0 Å². The lowest BCUT2D eigenvalue weighted by atomic mass is 10.2. The Labute approximate surface area is 43.8 Å². The fraction of sp³-hybridized carbons (Fsp3) is 1.00. The number of aliphatic hydroxyl groups is 1. The molecule has 2 heteroatoms. The predicted octanol–water partition coefficient (Wildman–Crippen LogP) is 0.580. The third-order valence-corrected chi connectivity index (χ3v) is 0.802. The van der Waals surface area contributed by atoms with Crippen LogP contribution in [0.4, 0.5) is 0 Å². The van der Waals surface area contributed by atoms with Gasteiger partial charge in [-0.3, -0.25) is 0 Å². The van der Waals surface area contributed by atoms with Crippen LogP contribution >= 0.6 is 0 Å². The van der Waals surface area contributed by atoms with E-state index in [9.17, 15) is 5.11 Å². The second-order valence-corrected chi connectivity index (χ2v) is 1.49. The van der Waals surface area contributed by atoms with Crippen LogP contribution in [0.1, 0.15) is 19.3 Å². The van der Waals surface area contributed by atoms with Gasteiger partial charge in [0, 0.05) is 6.61 Å². The highest BCUT2D eigenvalue weighted by Gasteiger charge is 1.82. The van der Waals surface area contributed by atoms with E-state index in [-0.39, 0.29) is 13.2 Å². The molecule has 0 heterocycles. The van der Waals surface area contributed by atoms with Crippen LogP contribution in [0.25, 0.3) is 0 Å². The monoisotopic (exact) mass is 103 g/mol. The summed E-state index contributed by atoms with van der Waals surface area (Å²) in [6.45, 7) is 0.222. The molecule has 0 aromatic carbocycles. The molecule has 0 spiro atoms. The van der Waals surface area contributed by atoms with Crippen molar-refractivity contribution >= 4 is 0 Å². The zero-order chi connectivity index (χ0) is 5.54. The SMILES string of the molecule is [O]CCCCCO. The Balaban J connectivity index is 2.45. The van der Waals surface area contributed by atoms with E-state index in [0.29, 0.717) is 6.42 Å². The van der Waals surface area contributed by atoms with Crippen LogP contribution in [0.5, 0.6) is 0 Å². The maximum absolute atomic E-state index is 9.72. The van der Waals surface area contributed by atoms with Crippen molar-refractivity contribution in [1.82, 2.24) is 0 Å². The number of aliphatic hydroxyl groups excluding tert-OH is 1. The first-order chi connectivity index (χ1) is 3.41. The number of hydrogen-bond donors (Lipinski definition) is 1. The molecule has 0 aliphatic heterocycles. The van der Waals surface area contributed by atoms with Crippen LogP contribution in [0.15, 0.2) is 0 Å². The highest BCUT2D eigenvalue weighted by molar-refractivity contribution is 4.35. The first kappa shape index (κ1) is 6.92. The van der Waals surface area contributed by atoms with Crippen LogP contribution in [0.3, 0.4) is 0 Å². The van der Waals surface area contributed by atoms with Crippen molar-refractivity contribution in [1.29, 1.82) is 0 Å². The third-order valence-electron chi connectivity index (χ3n) is 0.802. The van der Waals surface area contributed by atoms with Gasteiger partial charge in [0.05, 0.1) is 6.61 Å². The van der Waals surface area contributed by atoms with Gasteiger partial charge in [0.25, 0.3) is 0 Å². The van der Waals surface area contributed by atoms with Gasteiger partial charge >= 0.3 is 0 Å². The second kappa shape index (κ2) is 5.92. The van der Waals surface area contributed by atoms with Gasteiger partial charge in [0.15, 0.2) is 0 Å². The molecule has 2 nitrogen and oxygen atoms in total. The van der Waals surface area contributed by atoms with Gasteiger partial charge < -0.3 is 5.11 Å².